The van der Waals surface area contributed by atoms with Gasteiger partial charge in [-0.15, -0.1) is 0 Å². The SMILES string of the molecule is Cc1ccc(C)c(OCn2ccc(C(=O)NCCCn3nc(C(F)(F)F)cc3C)n2)c1. The maximum absolute atomic E-state index is 12.7. The predicted molar refractivity (Wildman–Crippen MR) is 108 cm³/mol. The third-order valence-corrected chi connectivity index (χ3v) is 4.67. The average molecular weight is 435 g/mol. The fourth-order valence-corrected chi connectivity index (χ4v) is 2.95. The quantitative estimate of drug-likeness (QED) is 0.545. The van der Waals surface area contributed by atoms with Gasteiger partial charge in [-0.05, 0) is 56.5 Å². The first kappa shape index (κ1) is 22.4. The lowest BCUT2D eigenvalue weighted by Gasteiger charge is -2.10. The van der Waals surface area contributed by atoms with Crippen molar-refractivity contribution in [3.8, 4) is 5.75 Å². The number of nitrogens with one attached hydrogen (secondary N) is 1. The number of halogens is 3. The van der Waals surface area contributed by atoms with E-state index in [0.29, 0.717) is 12.1 Å². The molecule has 0 unspecified atom stereocenters. The molecule has 2 aromatic heterocycles. The van der Waals surface area contributed by atoms with E-state index < -0.39 is 11.9 Å². The number of hydrogen-bond acceptors (Lipinski definition) is 4. The molecule has 0 aliphatic rings. The fraction of sp³-hybridized carbons (Fsp3) is 0.381. The van der Waals surface area contributed by atoms with Gasteiger partial charge < -0.3 is 10.1 Å². The fourth-order valence-electron chi connectivity index (χ4n) is 2.95. The van der Waals surface area contributed by atoms with Crippen LogP contribution in [0.25, 0.3) is 0 Å². The molecule has 0 fully saturated rings. The Morgan fingerprint density at radius 1 is 1.13 bits per heavy atom. The summed E-state index contributed by atoms with van der Waals surface area (Å²) in [6.45, 7) is 6.20. The zero-order valence-corrected chi connectivity index (χ0v) is 17.5. The van der Waals surface area contributed by atoms with Crippen LogP contribution >= 0.6 is 0 Å². The van der Waals surface area contributed by atoms with E-state index in [2.05, 4.69) is 15.5 Å². The standard InChI is InChI=1S/C21H24F3N5O2/c1-14-5-6-15(2)18(11-14)31-13-28-10-7-17(26-28)20(30)25-8-4-9-29-16(3)12-19(27-29)21(22,23)24/h5-7,10-12H,4,8-9,13H2,1-3H3,(H,25,30). The van der Waals surface area contributed by atoms with Gasteiger partial charge in [-0.3, -0.25) is 9.48 Å². The van der Waals surface area contributed by atoms with Gasteiger partial charge in [-0.2, -0.15) is 23.4 Å². The molecule has 0 saturated heterocycles. The molecular weight excluding hydrogens is 411 g/mol. The second-order valence-corrected chi connectivity index (χ2v) is 7.28. The highest BCUT2D eigenvalue weighted by molar-refractivity contribution is 5.92. The van der Waals surface area contributed by atoms with E-state index >= 15 is 0 Å². The zero-order valence-electron chi connectivity index (χ0n) is 17.5. The van der Waals surface area contributed by atoms with Crippen LogP contribution in [0, 0.1) is 20.8 Å². The van der Waals surface area contributed by atoms with Crippen molar-refractivity contribution < 1.29 is 22.7 Å². The minimum atomic E-state index is -4.47. The number of alkyl halides is 3. The first-order valence-electron chi connectivity index (χ1n) is 9.77. The summed E-state index contributed by atoms with van der Waals surface area (Å²) in [5.74, 6) is 0.391. The summed E-state index contributed by atoms with van der Waals surface area (Å²) in [5.41, 5.74) is 1.83. The van der Waals surface area contributed by atoms with Gasteiger partial charge in [-0.1, -0.05) is 12.1 Å². The molecule has 0 aliphatic heterocycles. The Bertz CT molecular complexity index is 1060. The van der Waals surface area contributed by atoms with E-state index in [9.17, 15) is 18.0 Å². The molecule has 0 atom stereocenters. The Morgan fingerprint density at radius 3 is 2.61 bits per heavy atom. The van der Waals surface area contributed by atoms with Gasteiger partial charge in [0.1, 0.15) is 11.4 Å². The Balaban J connectivity index is 1.46. The molecule has 0 bridgehead atoms. The van der Waals surface area contributed by atoms with E-state index in [-0.39, 0.29) is 31.4 Å². The van der Waals surface area contributed by atoms with E-state index in [4.69, 9.17) is 4.74 Å². The van der Waals surface area contributed by atoms with E-state index in [1.54, 1.807) is 19.2 Å². The Labute approximate surface area is 177 Å². The summed E-state index contributed by atoms with van der Waals surface area (Å²) >= 11 is 0. The van der Waals surface area contributed by atoms with Crippen LogP contribution in [0.4, 0.5) is 13.2 Å². The number of hydrogen-bond donors (Lipinski definition) is 1. The molecule has 3 aromatic rings. The van der Waals surface area contributed by atoms with Gasteiger partial charge in [-0.25, -0.2) is 4.68 Å². The summed E-state index contributed by atoms with van der Waals surface area (Å²) in [4.78, 5) is 12.2. The number of aryl methyl sites for hydroxylation is 4. The second kappa shape index (κ2) is 9.23. The van der Waals surface area contributed by atoms with Crippen molar-refractivity contribution in [1.82, 2.24) is 24.9 Å². The smallest absolute Gasteiger partial charge is 0.435 e. The van der Waals surface area contributed by atoms with Gasteiger partial charge >= 0.3 is 6.18 Å². The van der Waals surface area contributed by atoms with Crippen LogP contribution in [0.3, 0.4) is 0 Å². The molecule has 0 spiro atoms. The molecule has 2 heterocycles. The lowest BCUT2D eigenvalue weighted by molar-refractivity contribution is -0.141. The lowest BCUT2D eigenvalue weighted by atomic mass is 10.1. The molecule has 0 radical (unpaired) electrons. The second-order valence-electron chi connectivity index (χ2n) is 7.28. The number of aromatic nitrogens is 4. The molecular formula is C21H24F3N5O2. The highest BCUT2D eigenvalue weighted by Gasteiger charge is 2.34. The van der Waals surface area contributed by atoms with Crippen molar-refractivity contribution >= 4 is 5.91 Å². The van der Waals surface area contributed by atoms with Crippen molar-refractivity contribution in [2.75, 3.05) is 6.54 Å². The summed E-state index contributed by atoms with van der Waals surface area (Å²) in [5, 5.41) is 10.5. The van der Waals surface area contributed by atoms with E-state index in [0.717, 1.165) is 22.9 Å². The number of carbonyl (C=O) groups excluding carboxylic acids is 1. The molecule has 166 valence electrons. The number of benzene rings is 1. The molecule has 1 N–H and O–H groups in total. The molecule has 3 rings (SSSR count). The number of rotatable bonds is 8. The van der Waals surface area contributed by atoms with E-state index in [1.165, 1.54) is 9.36 Å². The van der Waals surface area contributed by atoms with Gasteiger partial charge in [0.05, 0.1) is 0 Å². The predicted octanol–water partition coefficient (Wildman–Crippen LogP) is 3.88. The molecule has 1 aromatic carbocycles. The molecule has 10 heteroatoms. The summed E-state index contributed by atoms with van der Waals surface area (Å²) in [6.07, 6.45) is -2.39. The van der Waals surface area contributed by atoms with Crippen LogP contribution in [0.15, 0.2) is 36.5 Å². The topological polar surface area (TPSA) is 74.0 Å². The monoisotopic (exact) mass is 435 g/mol. The van der Waals surface area contributed by atoms with Crippen LogP contribution in [-0.2, 0) is 19.5 Å². The highest BCUT2D eigenvalue weighted by Crippen LogP contribution is 2.28. The van der Waals surface area contributed by atoms with Gasteiger partial charge in [0, 0.05) is 25.0 Å². The number of carbonyl (C=O) groups is 1. The van der Waals surface area contributed by atoms with Crippen LogP contribution in [0.1, 0.15) is 39.4 Å². The zero-order chi connectivity index (χ0) is 22.6. The third-order valence-electron chi connectivity index (χ3n) is 4.67. The minimum Gasteiger partial charge on any atom is -0.471 e. The maximum atomic E-state index is 12.7. The summed E-state index contributed by atoms with van der Waals surface area (Å²) < 4.78 is 46.7. The Morgan fingerprint density at radius 2 is 1.90 bits per heavy atom. The minimum absolute atomic E-state index is 0.164. The molecule has 1 amide bonds. The van der Waals surface area contributed by atoms with Crippen molar-refractivity contribution in [3.63, 3.8) is 0 Å². The Hall–Kier alpha value is -3.30. The van der Waals surface area contributed by atoms with Crippen molar-refractivity contribution in [3.05, 3.63) is 64.7 Å². The average Bonchev–Trinajstić information content (AvgIpc) is 3.32. The van der Waals surface area contributed by atoms with Gasteiger partial charge in [0.2, 0.25) is 0 Å². The van der Waals surface area contributed by atoms with Crippen LogP contribution in [0.5, 0.6) is 5.75 Å². The largest absolute Gasteiger partial charge is 0.471 e. The summed E-state index contributed by atoms with van der Waals surface area (Å²) in [6, 6.07) is 8.49. The van der Waals surface area contributed by atoms with Crippen LogP contribution in [-0.4, -0.2) is 32.0 Å². The Kier molecular flexibility index (Phi) is 6.67. The number of nitrogens with zero attached hydrogens (tertiary/aromatic N) is 4. The first-order valence-corrected chi connectivity index (χ1v) is 9.77. The normalized spacial score (nSPS) is 11.5. The lowest BCUT2D eigenvalue weighted by Crippen LogP contribution is -2.26. The van der Waals surface area contributed by atoms with Gasteiger partial charge in [0.25, 0.3) is 5.91 Å². The van der Waals surface area contributed by atoms with Gasteiger partial charge in [0.15, 0.2) is 12.4 Å². The first-order chi connectivity index (χ1) is 14.6. The third kappa shape index (κ3) is 5.87. The number of amides is 1. The van der Waals surface area contributed by atoms with Crippen molar-refractivity contribution in [1.29, 1.82) is 0 Å². The van der Waals surface area contributed by atoms with Crippen LogP contribution in [0.2, 0.25) is 0 Å². The van der Waals surface area contributed by atoms with E-state index in [1.807, 2.05) is 32.0 Å². The molecule has 0 aliphatic carbocycles. The molecule has 0 saturated carbocycles. The van der Waals surface area contributed by atoms with Crippen molar-refractivity contribution in [2.24, 2.45) is 0 Å². The van der Waals surface area contributed by atoms with Crippen LogP contribution < -0.4 is 10.1 Å². The van der Waals surface area contributed by atoms with Crippen molar-refractivity contribution in [2.45, 2.75) is 46.6 Å². The molecule has 7 nitrogen and oxygen atoms in total. The number of ether oxygens (including phenoxy) is 1. The highest BCUT2D eigenvalue weighted by atomic mass is 19.4. The maximum Gasteiger partial charge on any atom is 0.435 e. The molecule has 31 heavy (non-hydrogen) atoms. The summed E-state index contributed by atoms with van der Waals surface area (Å²) in [7, 11) is 0.